The van der Waals surface area contributed by atoms with Gasteiger partial charge in [0.15, 0.2) is 0 Å². The van der Waals surface area contributed by atoms with Gasteiger partial charge in [-0.15, -0.1) is 0 Å². The van der Waals surface area contributed by atoms with Crippen LogP contribution in [0.5, 0.6) is 0 Å². The van der Waals surface area contributed by atoms with Crippen molar-refractivity contribution >= 4 is 0 Å². The maximum absolute atomic E-state index is 9.39. The van der Waals surface area contributed by atoms with Gasteiger partial charge in [0.2, 0.25) is 0 Å². The quantitative estimate of drug-likeness (QED) is 0.453. The summed E-state index contributed by atoms with van der Waals surface area (Å²) in [7, 11) is 0. The number of β-amino-alcohol motifs (C(OH)–C–C–N with tert-alkyl or cyclic N) is 1. The fourth-order valence-electron chi connectivity index (χ4n) is 1.54. The third kappa shape index (κ3) is 0.501. The molecule has 0 spiro atoms. The van der Waals surface area contributed by atoms with E-state index in [0.29, 0.717) is 5.92 Å². The topological polar surface area (TPSA) is 32.3 Å². The van der Waals surface area contributed by atoms with Gasteiger partial charge in [-0.3, -0.25) is 0 Å². The van der Waals surface area contributed by atoms with E-state index in [9.17, 15) is 5.11 Å². The summed E-state index contributed by atoms with van der Waals surface area (Å²) < 4.78 is 0. The molecule has 2 rings (SSSR count). The number of hydrogen-bond donors (Lipinski definition) is 2. The second-order valence-corrected chi connectivity index (χ2v) is 2.97. The van der Waals surface area contributed by atoms with E-state index in [2.05, 4.69) is 5.32 Å². The predicted molar refractivity (Wildman–Crippen MR) is 30.5 cm³/mol. The highest BCUT2D eigenvalue weighted by Gasteiger charge is 2.53. The molecule has 0 aromatic carbocycles. The molecule has 1 aliphatic heterocycles. The molecular weight excluding hydrogens is 102 g/mol. The first-order valence-corrected chi connectivity index (χ1v) is 3.24. The zero-order chi connectivity index (χ0) is 5.61. The van der Waals surface area contributed by atoms with Crippen molar-refractivity contribution in [3.05, 3.63) is 0 Å². The second-order valence-electron chi connectivity index (χ2n) is 2.97. The summed E-state index contributed by atoms with van der Waals surface area (Å²) in [5, 5.41) is 12.6. The molecular formula is C6H11NO. The Balaban J connectivity index is 2.04. The largest absolute Gasteiger partial charge is 0.388 e. The van der Waals surface area contributed by atoms with E-state index < -0.39 is 0 Å². The van der Waals surface area contributed by atoms with Gasteiger partial charge in [0.25, 0.3) is 0 Å². The summed E-state index contributed by atoms with van der Waals surface area (Å²) in [5.74, 6) is 0.642. The van der Waals surface area contributed by atoms with Gasteiger partial charge < -0.3 is 10.4 Å². The van der Waals surface area contributed by atoms with Gasteiger partial charge in [0, 0.05) is 6.54 Å². The van der Waals surface area contributed by atoms with Crippen LogP contribution in [0.3, 0.4) is 0 Å². The number of piperidine rings is 1. The van der Waals surface area contributed by atoms with Crippen LogP contribution >= 0.6 is 0 Å². The standard InChI is InChI=1S/C6H11NO/c8-6-3-5(6)1-2-7-4-6/h5,7-8H,1-4H2/t5-,6-/m0/s1. The van der Waals surface area contributed by atoms with E-state index >= 15 is 0 Å². The Morgan fingerprint density at radius 1 is 1.62 bits per heavy atom. The van der Waals surface area contributed by atoms with Crippen LogP contribution in [0, 0.1) is 5.92 Å². The van der Waals surface area contributed by atoms with Crippen LogP contribution < -0.4 is 5.32 Å². The predicted octanol–water partition coefficient (Wildman–Crippen LogP) is -0.269. The summed E-state index contributed by atoms with van der Waals surface area (Å²) in [6.45, 7) is 1.94. The Morgan fingerprint density at radius 3 is 3.00 bits per heavy atom. The number of aliphatic hydroxyl groups is 1. The average molecular weight is 113 g/mol. The van der Waals surface area contributed by atoms with Gasteiger partial charge in [0.1, 0.15) is 0 Å². The number of nitrogens with one attached hydrogen (secondary N) is 1. The lowest BCUT2D eigenvalue weighted by Gasteiger charge is -2.16. The van der Waals surface area contributed by atoms with Crippen molar-refractivity contribution in [2.24, 2.45) is 5.92 Å². The van der Waals surface area contributed by atoms with Crippen LogP contribution in [-0.2, 0) is 0 Å². The Hall–Kier alpha value is -0.0800. The molecule has 0 aromatic heterocycles. The summed E-state index contributed by atoms with van der Waals surface area (Å²) in [6, 6.07) is 0. The summed E-state index contributed by atoms with van der Waals surface area (Å²) in [4.78, 5) is 0. The zero-order valence-electron chi connectivity index (χ0n) is 4.85. The van der Waals surface area contributed by atoms with Crippen molar-refractivity contribution in [2.45, 2.75) is 18.4 Å². The molecule has 8 heavy (non-hydrogen) atoms. The first-order valence-electron chi connectivity index (χ1n) is 3.24. The molecule has 1 saturated carbocycles. The van der Waals surface area contributed by atoms with Crippen LogP contribution in [0.1, 0.15) is 12.8 Å². The third-order valence-corrected chi connectivity index (χ3v) is 2.30. The van der Waals surface area contributed by atoms with E-state index in [4.69, 9.17) is 0 Å². The lowest BCUT2D eigenvalue weighted by atomic mass is 10.1. The molecule has 1 aliphatic carbocycles. The van der Waals surface area contributed by atoms with E-state index in [1.54, 1.807) is 0 Å². The molecule has 2 heteroatoms. The maximum Gasteiger partial charge on any atom is 0.0804 e. The van der Waals surface area contributed by atoms with E-state index in [1.165, 1.54) is 6.42 Å². The van der Waals surface area contributed by atoms with Crippen LogP contribution in [0.2, 0.25) is 0 Å². The minimum Gasteiger partial charge on any atom is -0.388 e. The van der Waals surface area contributed by atoms with Crippen molar-refractivity contribution in [1.29, 1.82) is 0 Å². The maximum atomic E-state index is 9.39. The second kappa shape index (κ2) is 1.25. The Labute approximate surface area is 48.9 Å². The minimum absolute atomic E-state index is 0.266. The monoisotopic (exact) mass is 113 g/mol. The zero-order valence-corrected chi connectivity index (χ0v) is 4.85. The SMILES string of the molecule is O[C@@]12CNCC[C@H]1C2. The fraction of sp³-hybridized carbons (Fsp3) is 1.00. The van der Waals surface area contributed by atoms with E-state index in [-0.39, 0.29) is 5.60 Å². The first-order chi connectivity index (χ1) is 3.81. The molecule has 0 bridgehead atoms. The summed E-state index contributed by atoms with van der Waals surface area (Å²) in [6.07, 6.45) is 2.22. The van der Waals surface area contributed by atoms with Crippen molar-refractivity contribution in [1.82, 2.24) is 5.32 Å². The highest BCUT2D eigenvalue weighted by Crippen LogP contribution is 2.46. The highest BCUT2D eigenvalue weighted by molar-refractivity contribution is 5.07. The average Bonchev–Trinajstić information content (AvgIpc) is 2.39. The summed E-state index contributed by atoms with van der Waals surface area (Å²) in [5.41, 5.74) is -0.266. The number of fused-ring (bicyclic) bond motifs is 1. The van der Waals surface area contributed by atoms with Gasteiger partial charge in [-0.25, -0.2) is 0 Å². The molecule has 0 radical (unpaired) electrons. The van der Waals surface area contributed by atoms with Crippen LogP contribution in [0.25, 0.3) is 0 Å². The molecule has 1 heterocycles. The molecule has 1 saturated heterocycles. The molecule has 2 nitrogen and oxygen atoms in total. The van der Waals surface area contributed by atoms with Crippen molar-refractivity contribution in [3.63, 3.8) is 0 Å². The van der Waals surface area contributed by atoms with Crippen LogP contribution in [0.4, 0.5) is 0 Å². The fourth-order valence-corrected chi connectivity index (χ4v) is 1.54. The molecule has 0 amide bonds. The van der Waals surface area contributed by atoms with Crippen molar-refractivity contribution in [3.8, 4) is 0 Å². The lowest BCUT2D eigenvalue weighted by Crippen LogP contribution is -2.35. The third-order valence-electron chi connectivity index (χ3n) is 2.30. The molecule has 2 N–H and O–H groups in total. The number of rotatable bonds is 0. The van der Waals surface area contributed by atoms with Gasteiger partial charge in [-0.05, 0) is 25.3 Å². The smallest absolute Gasteiger partial charge is 0.0804 e. The van der Waals surface area contributed by atoms with E-state index in [0.717, 1.165) is 19.5 Å². The first kappa shape index (κ1) is 4.77. The van der Waals surface area contributed by atoms with Gasteiger partial charge in [-0.1, -0.05) is 0 Å². The van der Waals surface area contributed by atoms with Gasteiger partial charge in [0.05, 0.1) is 5.60 Å². The molecule has 2 aliphatic rings. The molecule has 2 atom stereocenters. The highest BCUT2D eigenvalue weighted by atomic mass is 16.3. The van der Waals surface area contributed by atoms with Crippen LogP contribution in [-0.4, -0.2) is 23.8 Å². The number of hydrogen-bond acceptors (Lipinski definition) is 2. The van der Waals surface area contributed by atoms with E-state index in [1.807, 2.05) is 0 Å². The molecule has 0 unspecified atom stereocenters. The molecule has 2 fully saturated rings. The summed E-state index contributed by atoms with van der Waals surface area (Å²) >= 11 is 0. The minimum atomic E-state index is -0.266. The normalized spacial score (nSPS) is 52.9. The Bertz CT molecular complexity index is 113. The van der Waals surface area contributed by atoms with Gasteiger partial charge >= 0.3 is 0 Å². The van der Waals surface area contributed by atoms with Crippen LogP contribution in [0.15, 0.2) is 0 Å². The Kier molecular flexibility index (Phi) is 0.746. The lowest BCUT2D eigenvalue weighted by molar-refractivity contribution is 0.114. The van der Waals surface area contributed by atoms with Gasteiger partial charge in [-0.2, -0.15) is 0 Å². The molecule has 46 valence electrons. The van der Waals surface area contributed by atoms with Crippen molar-refractivity contribution in [2.75, 3.05) is 13.1 Å². The Morgan fingerprint density at radius 2 is 2.50 bits per heavy atom. The molecule has 0 aromatic rings. The van der Waals surface area contributed by atoms with Crippen molar-refractivity contribution < 1.29 is 5.11 Å².